The molecule has 0 unspecified atom stereocenters. The van der Waals surface area contributed by atoms with Crippen LogP contribution in [0.5, 0.6) is 0 Å². The quantitative estimate of drug-likeness (QED) is 0.473. The van der Waals surface area contributed by atoms with Crippen molar-refractivity contribution < 1.29 is 14.3 Å². The monoisotopic (exact) mass is 203 g/mol. The minimum atomic E-state index is -0.495. The third kappa shape index (κ3) is 6.86. The van der Waals surface area contributed by atoms with Gasteiger partial charge in [-0.05, 0) is 12.8 Å². The first-order valence-corrected chi connectivity index (χ1v) is 5.22. The molecule has 0 aromatic carbocycles. The summed E-state index contributed by atoms with van der Waals surface area (Å²) in [6.45, 7) is 5.44. The normalized spacial score (nSPS) is 12.5. The molecule has 0 aromatic rings. The number of carbonyl (C=O) groups is 1. The van der Waals surface area contributed by atoms with E-state index in [1.807, 2.05) is 6.92 Å². The Bertz CT molecular complexity index is 150. The van der Waals surface area contributed by atoms with E-state index in [4.69, 9.17) is 15.2 Å². The number of rotatable bonds is 8. The fraction of sp³-hybridized carbons (Fsp3) is 0.900. The highest BCUT2D eigenvalue weighted by molar-refractivity contribution is 5.75. The molecule has 0 radical (unpaired) electrons. The molecule has 0 saturated carbocycles. The van der Waals surface area contributed by atoms with E-state index in [2.05, 4.69) is 6.92 Å². The summed E-state index contributed by atoms with van der Waals surface area (Å²) in [4.78, 5) is 11.1. The predicted octanol–water partition coefficient (Wildman–Crippen LogP) is 1.08. The average molecular weight is 203 g/mol. The van der Waals surface area contributed by atoms with Gasteiger partial charge in [0.05, 0.1) is 6.61 Å². The van der Waals surface area contributed by atoms with Gasteiger partial charge in [0.25, 0.3) is 0 Å². The van der Waals surface area contributed by atoms with Crippen LogP contribution in [0.2, 0.25) is 0 Å². The molecule has 0 bridgehead atoms. The molecular formula is C10H21NO3. The molecule has 14 heavy (non-hydrogen) atoms. The van der Waals surface area contributed by atoms with Crippen molar-refractivity contribution in [2.45, 2.75) is 39.2 Å². The average Bonchev–Trinajstić information content (AvgIpc) is 2.21. The molecule has 0 spiro atoms. The number of unbranched alkanes of at least 4 members (excludes halogenated alkanes) is 1. The van der Waals surface area contributed by atoms with E-state index >= 15 is 0 Å². The van der Waals surface area contributed by atoms with Crippen molar-refractivity contribution >= 4 is 5.97 Å². The summed E-state index contributed by atoms with van der Waals surface area (Å²) >= 11 is 0. The maximum atomic E-state index is 11.1. The molecule has 0 aliphatic carbocycles. The molecule has 0 aromatic heterocycles. The van der Waals surface area contributed by atoms with Gasteiger partial charge >= 0.3 is 5.97 Å². The molecule has 0 heterocycles. The Kier molecular flexibility index (Phi) is 8.57. The number of nitrogens with two attached hydrogens (primary N) is 1. The van der Waals surface area contributed by atoms with Gasteiger partial charge in [0.2, 0.25) is 0 Å². The summed E-state index contributed by atoms with van der Waals surface area (Å²) in [5.41, 5.74) is 5.46. The lowest BCUT2D eigenvalue weighted by molar-refractivity contribution is -0.146. The highest BCUT2D eigenvalue weighted by Gasteiger charge is 2.11. The molecule has 84 valence electrons. The van der Waals surface area contributed by atoms with Crippen LogP contribution in [0.3, 0.4) is 0 Å². The zero-order valence-electron chi connectivity index (χ0n) is 9.12. The molecule has 0 aliphatic heterocycles. The Morgan fingerprint density at radius 3 is 2.57 bits per heavy atom. The molecule has 0 aliphatic rings. The van der Waals surface area contributed by atoms with Gasteiger partial charge in [-0.25, -0.2) is 0 Å². The van der Waals surface area contributed by atoms with Crippen LogP contribution in [-0.4, -0.2) is 31.8 Å². The van der Waals surface area contributed by atoms with Crippen molar-refractivity contribution in [1.29, 1.82) is 0 Å². The lowest BCUT2D eigenvalue weighted by atomic mass is 10.2. The van der Waals surface area contributed by atoms with Crippen LogP contribution in [0.1, 0.15) is 33.1 Å². The standard InChI is InChI=1S/C10H21NO3/c1-3-5-6-13-7-8-14-10(12)9(11)4-2/h9H,3-8,11H2,1-2H3/t9-/m0/s1. The Morgan fingerprint density at radius 2 is 2.00 bits per heavy atom. The summed E-state index contributed by atoms with van der Waals surface area (Å²) in [7, 11) is 0. The highest BCUT2D eigenvalue weighted by atomic mass is 16.6. The van der Waals surface area contributed by atoms with Crippen molar-refractivity contribution in [2.75, 3.05) is 19.8 Å². The summed E-state index contributed by atoms with van der Waals surface area (Å²) in [6, 6.07) is -0.495. The van der Waals surface area contributed by atoms with E-state index in [1.54, 1.807) is 0 Å². The number of hydrogen-bond donors (Lipinski definition) is 1. The Morgan fingerprint density at radius 1 is 1.29 bits per heavy atom. The van der Waals surface area contributed by atoms with E-state index in [1.165, 1.54) is 0 Å². The smallest absolute Gasteiger partial charge is 0.322 e. The maximum Gasteiger partial charge on any atom is 0.322 e. The van der Waals surface area contributed by atoms with Gasteiger partial charge in [-0.3, -0.25) is 4.79 Å². The van der Waals surface area contributed by atoms with Crippen molar-refractivity contribution in [3.05, 3.63) is 0 Å². The zero-order chi connectivity index (χ0) is 10.8. The number of esters is 1. The first kappa shape index (κ1) is 13.4. The molecule has 2 N–H and O–H groups in total. The fourth-order valence-electron chi connectivity index (χ4n) is 0.823. The van der Waals surface area contributed by atoms with Crippen LogP contribution in [0.4, 0.5) is 0 Å². The maximum absolute atomic E-state index is 11.1. The van der Waals surface area contributed by atoms with Crippen LogP contribution in [0.15, 0.2) is 0 Å². The first-order chi connectivity index (χ1) is 6.72. The Hall–Kier alpha value is -0.610. The first-order valence-electron chi connectivity index (χ1n) is 5.22. The second kappa shape index (κ2) is 8.97. The molecule has 0 fully saturated rings. The minimum absolute atomic E-state index is 0.302. The van der Waals surface area contributed by atoms with Crippen LogP contribution < -0.4 is 5.73 Å². The van der Waals surface area contributed by atoms with Crippen LogP contribution in [0, 0.1) is 0 Å². The lowest BCUT2D eigenvalue weighted by Crippen LogP contribution is -2.32. The van der Waals surface area contributed by atoms with Gasteiger partial charge in [-0.15, -0.1) is 0 Å². The van der Waals surface area contributed by atoms with Gasteiger partial charge in [0.1, 0.15) is 12.6 Å². The van der Waals surface area contributed by atoms with Crippen LogP contribution in [0.25, 0.3) is 0 Å². The molecule has 0 saturated heterocycles. The van der Waals surface area contributed by atoms with E-state index in [0.717, 1.165) is 19.4 Å². The van der Waals surface area contributed by atoms with Crippen molar-refractivity contribution in [3.8, 4) is 0 Å². The summed E-state index contributed by atoms with van der Waals surface area (Å²) in [5.74, 6) is -0.341. The van der Waals surface area contributed by atoms with Gasteiger partial charge in [-0.2, -0.15) is 0 Å². The summed E-state index contributed by atoms with van der Waals surface area (Å²) in [5, 5.41) is 0. The number of hydrogen-bond acceptors (Lipinski definition) is 4. The zero-order valence-corrected chi connectivity index (χ0v) is 9.12. The van der Waals surface area contributed by atoms with Gasteiger partial charge < -0.3 is 15.2 Å². The molecular weight excluding hydrogens is 182 g/mol. The Balaban J connectivity index is 3.23. The summed E-state index contributed by atoms with van der Waals surface area (Å²) in [6.07, 6.45) is 2.76. The third-order valence-corrected chi connectivity index (χ3v) is 1.86. The minimum Gasteiger partial charge on any atom is -0.462 e. The van der Waals surface area contributed by atoms with Gasteiger partial charge in [-0.1, -0.05) is 20.3 Å². The topological polar surface area (TPSA) is 61.5 Å². The molecule has 0 rings (SSSR count). The molecule has 4 heteroatoms. The molecule has 0 amide bonds. The fourth-order valence-corrected chi connectivity index (χ4v) is 0.823. The van der Waals surface area contributed by atoms with Crippen molar-refractivity contribution in [2.24, 2.45) is 5.73 Å². The lowest BCUT2D eigenvalue weighted by Gasteiger charge is -2.09. The van der Waals surface area contributed by atoms with E-state index in [-0.39, 0.29) is 5.97 Å². The number of carbonyl (C=O) groups excluding carboxylic acids is 1. The third-order valence-electron chi connectivity index (χ3n) is 1.86. The van der Waals surface area contributed by atoms with Crippen LogP contribution >= 0.6 is 0 Å². The van der Waals surface area contributed by atoms with Gasteiger partial charge in [0, 0.05) is 6.61 Å². The highest BCUT2D eigenvalue weighted by Crippen LogP contribution is 1.92. The SMILES string of the molecule is CCCCOCCOC(=O)[C@@H](N)CC. The Labute approximate surface area is 85.8 Å². The number of ether oxygens (including phenoxy) is 2. The summed E-state index contributed by atoms with van der Waals surface area (Å²) < 4.78 is 10.1. The van der Waals surface area contributed by atoms with Crippen LogP contribution in [-0.2, 0) is 14.3 Å². The molecule has 4 nitrogen and oxygen atoms in total. The largest absolute Gasteiger partial charge is 0.462 e. The second-order valence-electron chi connectivity index (χ2n) is 3.15. The van der Waals surface area contributed by atoms with E-state index in [9.17, 15) is 4.79 Å². The predicted molar refractivity (Wildman–Crippen MR) is 55.0 cm³/mol. The molecule has 1 atom stereocenters. The van der Waals surface area contributed by atoms with E-state index in [0.29, 0.717) is 19.6 Å². The van der Waals surface area contributed by atoms with Gasteiger partial charge in [0.15, 0.2) is 0 Å². The van der Waals surface area contributed by atoms with E-state index < -0.39 is 6.04 Å². The van der Waals surface area contributed by atoms with Crippen molar-refractivity contribution in [1.82, 2.24) is 0 Å². The second-order valence-corrected chi connectivity index (χ2v) is 3.15. The van der Waals surface area contributed by atoms with Crippen molar-refractivity contribution in [3.63, 3.8) is 0 Å².